The summed E-state index contributed by atoms with van der Waals surface area (Å²) in [5.41, 5.74) is 2.41. The fraction of sp³-hybridized carbons (Fsp3) is 0.600. The summed E-state index contributed by atoms with van der Waals surface area (Å²) in [5.74, 6) is 0.0301. The van der Waals surface area contributed by atoms with Crippen LogP contribution in [0.4, 0.5) is 0 Å². The van der Waals surface area contributed by atoms with E-state index in [-0.39, 0.29) is 17.3 Å². The number of alkyl halides is 1. The molecule has 4 heteroatoms. The molecule has 1 saturated carbocycles. The zero-order valence-electron chi connectivity index (χ0n) is 11.8. The van der Waals surface area contributed by atoms with E-state index in [4.69, 9.17) is 11.6 Å². The molecular weight excluding hydrogens is 260 g/mol. The number of carbonyl (C=O) groups excluding carboxylic acids is 1. The lowest BCUT2D eigenvalue weighted by Gasteiger charge is -2.35. The molecule has 1 fully saturated rings. The SMILES string of the molecule is Cc1ccc(C(=O)N(C)C2CCCCC2Cl)c(C)n1. The number of hydrogen-bond acceptors (Lipinski definition) is 2. The van der Waals surface area contributed by atoms with E-state index in [1.54, 1.807) is 4.90 Å². The van der Waals surface area contributed by atoms with Gasteiger partial charge in [-0.1, -0.05) is 12.8 Å². The van der Waals surface area contributed by atoms with Crippen molar-refractivity contribution in [1.29, 1.82) is 0 Å². The maximum atomic E-state index is 12.5. The van der Waals surface area contributed by atoms with Crippen LogP contribution in [-0.4, -0.2) is 34.3 Å². The Kier molecular flexibility index (Phi) is 4.46. The number of aryl methyl sites for hydroxylation is 2. The van der Waals surface area contributed by atoms with Gasteiger partial charge in [-0.15, -0.1) is 11.6 Å². The molecule has 0 spiro atoms. The van der Waals surface area contributed by atoms with Crippen LogP contribution in [0.1, 0.15) is 47.4 Å². The standard InChI is InChI=1S/C15H21ClN2O/c1-10-8-9-12(11(2)17-10)15(19)18(3)14-7-5-4-6-13(14)16/h8-9,13-14H,4-7H2,1-3H3. The largest absolute Gasteiger partial charge is 0.337 e. The third-order valence-electron chi connectivity index (χ3n) is 3.92. The molecule has 1 aromatic rings. The molecule has 1 aromatic heterocycles. The molecular formula is C15H21ClN2O. The maximum Gasteiger partial charge on any atom is 0.255 e. The molecule has 0 aromatic carbocycles. The summed E-state index contributed by atoms with van der Waals surface area (Å²) in [6, 6.07) is 3.89. The first-order chi connectivity index (χ1) is 9.00. The number of rotatable bonds is 2. The van der Waals surface area contributed by atoms with Crippen LogP contribution >= 0.6 is 11.6 Å². The van der Waals surface area contributed by atoms with Crippen molar-refractivity contribution in [3.8, 4) is 0 Å². The predicted octanol–water partition coefficient (Wildman–Crippen LogP) is 3.32. The summed E-state index contributed by atoms with van der Waals surface area (Å²) < 4.78 is 0. The Morgan fingerprint density at radius 1 is 1.32 bits per heavy atom. The van der Waals surface area contributed by atoms with Crippen molar-refractivity contribution in [2.24, 2.45) is 0 Å². The Hall–Kier alpha value is -1.09. The Labute approximate surface area is 120 Å². The number of carbonyl (C=O) groups is 1. The minimum absolute atomic E-state index is 0.0301. The van der Waals surface area contributed by atoms with Gasteiger partial charge in [-0.3, -0.25) is 9.78 Å². The topological polar surface area (TPSA) is 33.2 Å². The van der Waals surface area contributed by atoms with Gasteiger partial charge in [0.2, 0.25) is 0 Å². The van der Waals surface area contributed by atoms with Gasteiger partial charge in [0, 0.05) is 18.8 Å². The second kappa shape index (κ2) is 5.91. The molecule has 104 valence electrons. The lowest BCUT2D eigenvalue weighted by molar-refractivity contribution is 0.0699. The second-order valence-corrected chi connectivity index (χ2v) is 5.93. The van der Waals surface area contributed by atoms with Gasteiger partial charge in [0.1, 0.15) is 0 Å². The summed E-state index contributed by atoms with van der Waals surface area (Å²) in [4.78, 5) is 18.7. The van der Waals surface area contributed by atoms with E-state index in [2.05, 4.69) is 4.98 Å². The summed E-state index contributed by atoms with van der Waals surface area (Å²) in [6.07, 6.45) is 4.30. The predicted molar refractivity (Wildman–Crippen MR) is 77.7 cm³/mol. The summed E-state index contributed by atoms with van der Waals surface area (Å²) in [5, 5.41) is 0.0708. The average Bonchev–Trinajstić information content (AvgIpc) is 2.38. The molecule has 1 aliphatic rings. The van der Waals surface area contributed by atoms with Crippen molar-refractivity contribution in [2.45, 2.75) is 50.9 Å². The van der Waals surface area contributed by atoms with Crippen molar-refractivity contribution >= 4 is 17.5 Å². The lowest BCUT2D eigenvalue weighted by atomic mass is 9.93. The van der Waals surface area contributed by atoms with Gasteiger partial charge in [0.15, 0.2) is 0 Å². The van der Waals surface area contributed by atoms with Crippen LogP contribution in [0.25, 0.3) is 0 Å². The van der Waals surface area contributed by atoms with Gasteiger partial charge in [0.25, 0.3) is 5.91 Å². The molecule has 19 heavy (non-hydrogen) atoms. The van der Waals surface area contributed by atoms with Gasteiger partial charge in [-0.05, 0) is 38.8 Å². The molecule has 1 aliphatic carbocycles. The Bertz CT molecular complexity index is 475. The lowest BCUT2D eigenvalue weighted by Crippen LogP contribution is -2.44. The van der Waals surface area contributed by atoms with Crippen molar-refractivity contribution in [3.05, 3.63) is 29.1 Å². The average molecular weight is 281 g/mol. The smallest absolute Gasteiger partial charge is 0.255 e. The number of halogens is 1. The van der Waals surface area contributed by atoms with Crippen LogP contribution in [0.15, 0.2) is 12.1 Å². The maximum absolute atomic E-state index is 12.5. The van der Waals surface area contributed by atoms with Crippen molar-refractivity contribution in [2.75, 3.05) is 7.05 Å². The molecule has 1 heterocycles. The molecule has 0 bridgehead atoms. The summed E-state index contributed by atoms with van der Waals surface area (Å²) in [6.45, 7) is 3.81. The minimum Gasteiger partial charge on any atom is -0.337 e. The Morgan fingerprint density at radius 2 is 2.00 bits per heavy atom. The van der Waals surface area contributed by atoms with E-state index in [1.807, 2.05) is 33.0 Å². The number of pyridine rings is 1. The van der Waals surface area contributed by atoms with Gasteiger partial charge in [-0.25, -0.2) is 0 Å². The monoisotopic (exact) mass is 280 g/mol. The number of hydrogen-bond donors (Lipinski definition) is 0. The Balaban J connectivity index is 2.18. The highest BCUT2D eigenvalue weighted by Gasteiger charge is 2.30. The zero-order chi connectivity index (χ0) is 14.0. The molecule has 2 unspecified atom stereocenters. The molecule has 0 N–H and O–H groups in total. The molecule has 3 nitrogen and oxygen atoms in total. The normalized spacial score (nSPS) is 23.2. The van der Waals surface area contributed by atoms with Crippen LogP contribution in [0.2, 0.25) is 0 Å². The fourth-order valence-corrected chi connectivity index (χ4v) is 3.20. The van der Waals surface area contributed by atoms with E-state index in [0.717, 1.165) is 37.1 Å². The van der Waals surface area contributed by atoms with E-state index >= 15 is 0 Å². The van der Waals surface area contributed by atoms with Crippen LogP contribution in [0, 0.1) is 13.8 Å². The van der Waals surface area contributed by atoms with Crippen LogP contribution in [0.5, 0.6) is 0 Å². The zero-order valence-corrected chi connectivity index (χ0v) is 12.6. The second-order valence-electron chi connectivity index (χ2n) is 5.37. The molecule has 0 aliphatic heterocycles. The van der Waals surface area contributed by atoms with E-state index in [9.17, 15) is 4.79 Å². The molecule has 0 saturated heterocycles. The first-order valence-electron chi connectivity index (χ1n) is 6.86. The number of nitrogens with zero attached hydrogens (tertiary/aromatic N) is 2. The van der Waals surface area contributed by atoms with Crippen LogP contribution in [-0.2, 0) is 0 Å². The third kappa shape index (κ3) is 3.08. The molecule has 0 radical (unpaired) electrons. The number of aromatic nitrogens is 1. The van der Waals surface area contributed by atoms with Crippen molar-refractivity contribution < 1.29 is 4.79 Å². The number of amides is 1. The molecule has 2 rings (SSSR count). The fourth-order valence-electron chi connectivity index (χ4n) is 2.76. The summed E-state index contributed by atoms with van der Waals surface area (Å²) in [7, 11) is 1.85. The highest BCUT2D eigenvalue weighted by atomic mass is 35.5. The van der Waals surface area contributed by atoms with Gasteiger partial charge >= 0.3 is 0 Å². The van der Waals surface area contributed by atoms with Crippen molar-refractivity contribution in [1.82, 2.24) is 9.88 Å². The molecule has 1 amide bonds. The van der Waals surface area contributed by atoms with E-state index in [0.29, 0.717) is 5.56 Å². The summed E-state index contributed by atoms with van der Waals surface area (Å²) >= 11 is 6.36. The van der Waals surface area contributed by atoms with Gasteiger partial charge in [-0.2, -0.15) is 0 Å². The van der Waals surface area contributed by atoms with Crippen LogP contribution in [0.3, 0.4) is 0 Å². The van der Waals surface area contributed by atoms with E-state index < -0.39 is 0 Å². The quantitative estimate of drug-likeness (QED) is 0.779. The third-order valence-corrected chi connectivity index (χ3v) is 4.43. The minimum atomic E-state index is 0.0301. The Morgan fingerprint density at radius 3 is 2.63 bits per heavy atom. The molecule has 2 atom stereocenters. The highest BCUT2D eigenvalue weighted by Crippen LogP contribution is 2.27. The van der Waals surface area contributed by atoms with Crippen molar-refractivity contribution in [3.63, 3.8) is 0 Å². The van der Waals surface area contributed by atoms with Crippen LogP contribution < -0.4 is 0 Å². The first-order valence-corrected chi connectivity index (χ1v) is 7.30. The van der Waals surface area contributed by atoms with Gasteiger partial charge < -0.3 is 4.90 Å². The van der Waals surface area contributed by atoms with E-state index in [1.165, 1.54) is 0 Å². The highest BCUT2D eigenvalue weighted by molar-refractivity contribution is 6.21. The van der Waals surface area contributed by atoms with Gasteiger partial charge in [0.05, 0.1) is 16.6 Å². The first kappa shape index (κ1) is 14.3.